The van der Waals surface area contributed by atoms with Crippen molar-refractivity contribution in [2.75, 3.05) is 32.7 Å². The van der Waals surface area contributed by atoms with E-state index in [1.165, 1.54) is 10.4 Å². The molecule has 6 nitrogen and oxygen atoms in total. The van der Waals surface area contributed by atoms with Crippen molar-refractivity contribution in [3.05, 3.63) is 29.3 Å². The maximum absolute atomic E-state index is 12.7. The fourth-order valence-corrected chi connectivity index (χ4v) is 3.97. The summed E-state index contributed by atoms with van der Waals surface area (Å²) in [5.74, 6) is -0.265. The monoisotopic (exact) mass is 377 g/mol. The number of hydrogen-bond acceptors (Lipinski definition) is 4. The van der Waals surface area contributed by atoms with E-state index in [2.05, 4.69) is 10.6 Å². The third kappa shape index (κ3) is 5.73. The van der Waals surface area contributed by atoms with Gasteiger partial charge in [-0.2, -0.15) is 4.31 Å². The molecule has 0 aliphatic rings. The molecule has 0 aromatic heterocycles. The summed E-state index contributed by atoms with van der Waals surface area (Å²) < 4.78 is 26.7. The van der Waals surface area contributed by atoms with Crippen molar-refractivity contribution in [2.24, 2.45) is 0 Å². The Morgan fingerprint density at radius 1 is 1.12 bits per heavy atom. The fourth-order valence-electron chi connectivity index (χ4n) is 2.27. The maximum atomic E-state index is 12.7. The average Bonchev–Trinajstić information content (AvgIpc) is 2.52. The molecule has 1 amide bonds. The third-order valence-corrected chi connectivity index (χ3v) is 5.80. The zero-order valence-corrected chi connectivity index (χ0v) is 16.4. The van der Waals surface area contributed by atoms with Crippen molar-refractivity contribution < 1.29 is 13.2 Å². The van der Waals surface area contributed by atoms with Crippen molar-refractivity contribution in [3.8, 4) is 0 Å². The number of rotatable bonds is 9. The Kier molecular flexibility index (Phi) is 10.1. The van der Waals surface area contributed by atoms with Gasteiger partial charge in [-0.1, -0.05) is 26.8 Å². The van der Waals surface area contributed by atoms with Crippen molar-refractivity contribution >= 4 is 28.3 Å². The lowest BCUT2D eigenvalue weighted by molar-refractivity contribution is 0.0953. The van der Waals surface area contributed by atoms with Crippen LogP contribution in [-0.4, -0.2) is 51.4 Å². The van der Waals surface area contributed by atoms with Crippen LogP contribution in [0.15, 0.2) is 23.1 Å². The molecule has 2 N–H and O–H groups in total. The van der Waals surface area contributed by atoms with Crippen LogP contribution in [0.2, 0.25) is 0 Å². The van der Waals surface area contributed by atoms with Crippen LogP contribution in [0.25, 0.3) is 0 Å². The third-order valence-electron chi connectivity index (χ3n) is 3.61. The summed E-state index contributed by atoms with van der Waals surface area (Å²) in [6.07, 6.45) is 0. The zero-order valence-electron chi connectivity index (χ0n) is 14.8. The number of hydrogen-bond donors (Lipinski definition) is 2. The molecule has 0 bridgehead atoms. The first-order valence-corrected chi connectivity index (χ1v) is 9.42. The molecule has 0 radical (unpaired) electrons. The van der Waals surface area contributed by atoms with Crippen LogP contribution in [0.5, 0.6) is 0 Å². The van der Waals surface area contributed by atoms with Gasteiger partial charge in [-0.15, -0.1) is 12.4 Å². The molecule has 0 saturated carbocycles. The number of amides is 1. The average molecular weight is 378 g/mol. The Bertz CT molecular complexity index is 631. The largest absolute Gasteiger partial charge is 0.351 e. The normalized spacial score (nSPS) is 11.2. The van der Waals surface area contributed by atoms with Gasteiger partial charge in [-0.25, -0.2) is 8.42 Å². The Hall–Kier alpha value is -1.15. The van der Waals surface area contributed by atoms with Crippen molar-refractivity contribution in [1.29, 1.82) is 0 Å². The van der Waals surface area contributed by atoms with Crippen LogP contribution in [0.4, 0.5) is 0 Å². The molecule has 0 fully saturated rings. The Morgan fingerprint density at radius 2 is 1.75 bits per heavy atom. The van der Waals surface area contributed by atoms with Crippen molar-refractivity contribution in [3.63, 3.8) is 0 Å². The lowest BCUT2D eigenvalue weighted by Gasteiger charge is -2.20. The second kappa shape index (κ2) is 10.7. The molecule has 0 spiro atoms. The second-order valence-corrected chi connectivity index (χ2v) is 7.09. The Balaban J connectivity index is 0.00000529. The molecule has 138 valence electrons. The highest BCUT2D eigenvalue weighted by Crippen LogP contribution is 2.21. The number of aryl methyl sites for hydroxylation is 1. The van der Waals surface area contributed by atoms with Crippen LogP contribution in [0.1, 0.15) is 36.7 Å². The number of benzene rings is 1. The summed E-state index contributed by atoms with van der Waals surface area (Å²) in [5.41, 5.74) is 0.999. The minimum absolute atomic E-state index is 0. The predicted molar refractivity (Wildman–Crippen MR) is 99.4 cm³/mol. The van der Waals surface area contributed by atoms with Gasteiger partial charge >= 0.3 is 0 Å². The molecule has 8 heteroatoms. The smallest absolute Gasteiger partial charge is 0.251 e. The lowest BCUT2D eigenvalue weighted by atomic mass is 10.1. The number of carbonyl (C=O) groups excluding carboxylic acids is 1. The van der Waals surface area contributed by atoms with Gasteiger partial charge in [-0.05, 0) is 31.2 Å². The number of nitrogens with zero attached hydrogens (tertiary/aromatic N) is 1. The van der Waals surface area contributed by atoms with E-state index < -0.39 is 10.0 Å². The number of likely N-dealkylation sites (N-methyl/N-ethyl adjacent to an activating group) is 1. The van der Waals surface area contributed by atoms with Gasteiger partial charge in [0.15, 0.2) is 0 Å². The SMILES string of the molecule is CCNCCNC(=O)c1ccc(C)c(S(=O)(=O)N(CC)CC)c1.Cl. The summed E-state index contributed by atoms with van der Waals surface area (Å²) in [4.78, 5) is 12.4. The first-order valence-electron chi connectivity index (χ1n) is 7.98. The number of nitrogens with one attached hydrogen (secondary N) is 2. The van der Waals surface area contributed by atoms with E-state index in [0.717, 1.165) is 6.54 Å². The van der Waals surface area contributed by atoms with Gasteiger partial charge in [0.05, 0.1) is 4.90 Å². The van der Waals surface area contributed by atoms with Crippen LogP contribution in [0.3, 0.4) is 0 Å². The molecule has 0 aliphatic carbocycles. The van der Waals surface area contributed by atoms with Gasteiger partial charge in [0, 0.05) is 31.7 Å². The first-order chi connectivity index (χ1) is 10.9. The highest BCUT2D eigenvalue weighted by Gasteiger charge is 2.24. The molecule has 1 aromatic rings. The van der Waals surface area contributed by atoms with Gasteiger partial charge < -0.3 is 10.6 Å². The number of carbonyl (C=O) groups is 1. The topological polar surface area (TPSA) is 78.5 Å². The molecule has 0 saturated heterocycles. The summed E-state index contributed by atoms with van der Waals surface area (Å²) in [5, 5.41) is 5.89. The van der Waals surface area contributed by atoms with Crippen LogP contribution in [-0.2, 0) is 10.0 Å². The predicted octanol–water partition coefficient (Wildman–Crippen LogP) is 1.79. The molecule has 1 rings (SSSR count). The minimum Gasteiger partial charge on any atom is -0.351 e. The standard InChI is InChI=1S/C16H27N3O3S.ClH/c1-5-17-10-11-18-16(20)14-9-8-13(4)15(12-14)23(21,22)19(6-2)7-3;/h8-9,12,17H,5-7,10-11H2,1-4H3,(H,18,20);1H. The van der Waals surface area contributed by atoms with Gasteiger partial charge in [0.25, 0.3) is 5.91 Å². The molecular formula is C16H28ClN3O3S. The van der Waals surface area contributed by atoms with Crippen LogP contribution < -0.4 is 10.6 Å². The van der Waals surface area contributed by atoms with Gasteiger partial charge in [0.2, 0.25) is 10.0 Å². The van der Waals surface area contributed by atoms with E-state index >= 15 is 0 Å². The van der Waals surface area contributed by atoms with Gasteiger partial charge in [-0.3, -0.25) is 4.79 Å². The van der Waals surface area contributed by atoms with E-state index in [-0.39, 0.29) is 23.2 Å². The summed E-state index contributed by atoms with van der Waals surface area (Å²) in [6.45, 7) is 10.1. The number of halogens is 1. The quantitative estimate of drug-likeness (QED) is 0.643. The number of sulfonamides is 1. The van der Waals surface area contributed by atoms with Gasteiger partial charge in [0.1, 0.15) is 0 Å². The lowest BCUT2D eigenvalue weighted by Crippen LogP contribution is -2.33. The molecule has 0 heterocycles. The Labute approximate surface area is 151 Å². The maximum Gasteiger partial charge on any atom is 0.251 e. The summed E-state index contributed by atoms with van der Waals surface area (Å²) in [6, 6.07) is 4.79. The molecule has 1 aromatic carbocycles. The highest BCUT2D eigenvalue weighted by atomic mass is 35.5. The van der Waals surface area contributed by atoms with Crippen molar-refractivity contribution in [1.82, 2.24) is 14.9 Å². The van der Waals surface area contributed by atoms with Crippen LogP contribution in [0, 0.1) is 6.92 Å². The van der Waals surface area contributed by atoms with E-state index in [1.54, 1.807) is 32.9 Å². The van der Waals surface area contributed by atoms with E-state index in [0.29, 0.717) is 37.3 Å². The molecule has 0 unspecified atom stereocenters. The van der Waals surface area contributed by atoms with Crippen LogP contribution >= 0.6 is 12.4 Å². The van der Waals surface area contributed by atoms with E-state index in [4.69, 9.17) is 0 Å². The molecule has 24 heavy (non-hydrogen) atoms. The fraction of sp³-hybridized carbons (Fsp3) is 0.562. The molecular weight excluding hydrogens is 350 g/mol. The second-order valence-electron chi connectivity index (χ2n) is 5.18. The zero-order chi connectivity index (χ0) is 17.5. The van der Waals surface area contributed by atoms with Crippen molar-refractivity contribution in [2.45, 2.75) is 32.6 Å². The first kappa shape index (κ1) is 22.9. The highest BCUT2D eigenvalue weighted by molar-refractivity contribution is 7.89. The summed E-state index contributed by atoms with van der Waals surface area (Å²) >= 11 is 0. The molecule has 0 atom stereocenters. The Morgan fingerprint density at radius 3 is 2.29 bits per heavy atom. The van der Waals surface area contributed by atoms with E-state index in [1.807, 2.05) is 6.92 Å². The summed E-state index contributed by atoms with van der Waals surface area (Å²) in [7, 11) is -3.58. The minimum atomic E-state index is -3.58. The van der Waals surface area contributed by atoms with E-state index in [9.17, 15) is 13.2 Å². The molecule has 0 aliphatic heterocycles.